The maximum absolute atomic E-state index is 12.1. The zero-order valence-corrected chi connectivity index (χ0v) is 13.8. The Labute approximate surface area is 141 Å². The molecule has 0 spiro atoms. The second-order valence-electron chi connectivity index (χ2n) is 6.00. The second kappa shape index (κ2) is 8.77. The van der Waals surface area contributed by atoms with Gasteiger partial charge in [-0.15, -0.1) is 0 Å². The van der Waals surface area contributed by atoms with Gasteiger partial charge in [-0.2, -0.15) is 0 Å². The summed E-state index contributed by atoms with van der Waals surface area (Å²) in [5.41, 5.74) is 5.97. The Morgan fingerprint density at radius 3 is 2.48 bits per heavy atom. The van der Waals surface area contributed by atoms with E-state index in [0.717, 1.165) is 18.4 Å². The highest BCUT2D eigenvalue weighted by atomic mass is 35.5. The lowest BCUT2D eigenvalue weighted by Gasteiger charge is -2.22. The van der Waals surface area contributed by atoms with Crippen LogP contribution in [0.25, 0.3) is 0 Å². The smallest absolute Gasteiger partial charge is 0.312 e. The van der Waals surface area contributed by atoms with Crippen LogP contribution < -0.4 is 11.1 Å². The minimum atomic E-state index is -0.676. The largest absolute Gasteiger partial charge is 0.465 e. The van der Waals surface area contributed by atoms with Crippen LogP contribution in [-0.2, 0) is 9.53 Å². The van der Waals surface area contributed by atoms with Crippen molar-refractivity contribution in [3.8, 4) is 0 Å². The molecular formula is C17H23ClN2O3. The van der Waals surface area contributed by atoms with Crippen molar-refractivity contribution in [1.29, 1.82) is 0 Å². The highest BCUT2D eigenvalue weighted by molar-refractivity contribution is 6.30. The number of ether oxygens (including phenoxy) is 1. The average molecular weight is 339 g/mol. The molecule has 0 heterocycles. The Balaban J connectivity index is 1.89. The third-order valence-electron chi connectivity index (χ3n) is 4.16. The number of carbonyl (C=O) groups is 2. The molecule has 0 radical (unpaired) electrons. The summed E-state index contributed by atoms with van der Waals surface area (Å²) in [4.78, 5) is 23.2. The molecule has 5 nitrogen and oxygen atoms in total. The molecule has 1 atom stereocenters. The predicted molar refractivity (Wildman–Crippen MR) is 89.1 cm³/mol. The topological polar surface area (TPSA) is 81.4 Å². The predicted octanol–water partition coefficient (Wildman–Crippen LogP) is 3.56. The van der Waals surface area contributed by atoms with E-state index in [-0.39, 0.29) is 12.4 Å². The third kappa shape index (κ3) is 6.10. The van der Waals surface area contributed by atoms with Crippen LogP contribution in [0.3, 0.4) is 0 Å². The van der Waals surface area contributed by atoms with E-state index in [1.807, 2.05) is 0 Å². The summed E-state index contributed by atoms with van der Waals surface area (Å²) >= 11 is 5.86. The van der Waals surface area contributed by atoms with Crippen LogP contribution in [-0.4, -0.2) is 18.6 Å². The maximum Gasteiger partial charge on any atom is 0.312 e. The number of nitrogens with two attached hydrogens (primary N) is 1. The molecule has 1 aromatic carbocycles. The van der Waals surface area contributed by atoms with Gasteiger partial charge < -0.3 is 15.8 Å². The van der Waals surface area contributed by atoms with Crippen molar-refractivity contribution in [2.75, 3.05) is 6.61 Å². The number of rotatable bonds is 6. The summed E-state index contributed by atoms with van der Waals surface area (Å²) in [5.74, 6) is 0.134. The Bertz CT molecular complexity index is 527. The van der Waals surface area contributed by atoms with Gasteiger partial charge in [0.25, 0.3) is 0 Å². The first-order chi connectivity index (χ1) is 11.0. The van der Waals surface area contributed by atoms with Gasteiger partial charge in [0.2, 0.25) is 0 Å². The Kier molecular flexibility index (Phi) is 6.71. The lowest BCUT2D eigenvalue weighted by Crippen LogP contribution is -2.34. The number of benzene rings is 1. The van der Waals surface area contributed by atoms with Gasteiger partial charge in [-0.05, 0) is 36.5 Å². The minimum Gasteiger partial charge on any atom is -0.465 e. The molecule has 1 aliphatic carbocycles. The molecule has 3 N–H and O–H groups in total. The van der Waals surface area contributed by atoms with Gasteiger partial charge in [-0.25, -0.2) is 4.79 Å². The van der Waals surface area contributed by atoms with E-state index in [1.165, 1.54) is 19.3 Å². The first-order valence-electron chi connectivity index (χ1n) is 8.01. The number of hydrogen-bond acceptors (Lipinski definition) is 3. The van der Waals surface area contributed by atoms with E-state index >= 15 is 0 Å². The second-order valence-corrected chi connectivity index (χ2v) is 6.44. The summed E-state index contributed by atoms with van der Waals surface area (Å²) in [6.45, 7) is 0.461. The maximum atomic E-state index is 12.1. The zero-order valence-electron chi connectivity index (χ0n) is 13.1. The fourth-order valence-electron chi connectivity index (χ4n) is 2.91. The molecular weight excluding hydrogens is 316 g/mol. The van der Waals surface area contributed by atoms with Gasteiger partial charge in [0.05, 0.1) is 19.1 Å². The van der Waals surface area contributed by atoms with Gasteiger partial charge in [-0.1, -0.05) is 43.0 Å². The summed E-state index contributed by atoms with van der Waals surface area (Å²) in [5, 5.41) is 3.17. The lowest BCUT2D eigenvalue weighted by molar-refractivity contribution is -0.145. The van der Waals surface area contributed by atoms with Crippen molar-refractivity contribution in [2.45, 2.75) is 44.6 Å². The van der Waals surface area contributed by atoms with Crippen molar-refractivity contribution in [1.82, 2.24) is 5.32 Å². The molecule has 0 aromatic heterocycles. The summed E-state index contributed by atoms with van der Waals surface area (Å²) in [7, 11) is 0. The number of primary amides is 1. The Morgan fingerprint density at radius 1 is 1.22 bits per heavy atom. The van der Waals surface area contributed by atoms with E-state index in [4.69, 9.17) is 22.1 Å². The van der Waals surface area contributed by atoms with Crippen LogP contribution in [0.1, 0.15) is 50.1 Å². The molecule has 1 fully saturated rings. The van der Waals surface area contributed by atoms with E-state index in [0.29, 0.717) is 17.5 Å². The molecule has 0 aliphatic heterocycles. The number of urea groups is 1. The van der Waals surface area contributed by atoms with Crippen LogP contribution in [0.2, 0.25) is 5.02 Å². The first kappa shape index (κ1) is 17.6. The molecule has 2 rings (SSSR count). The molecule has 0 saturated heterocycles. The molecule has 0 bridgehead atoms. The van der Waals surface area contributed by atoms with Crippen LogP contribution in [0.4, 0.5) is 4.79 Å². The van der Waals surface area contributed by atoms with E-state index in [1.54, 1.807) is 24.3 Å². The number of halogens is 1. The number of esters is 1. The van der Waals surface area contributed by atoms with Crippen LogP contribution >= 0.6 is 11.6 Å². The average Bonchev–Trinajstić information content (AvgIpc) is 2.53. The highest BCUT2D eigenvalue weighted by Gasteiger charge is 2.20. The fourth-order valence-corrected chi connectivity index (χ4v) is 3.04. The van der Waals surface area contributed by atoms with Crippen LogP contribution in [0, 0.1) is 5.92 Å². The summed E-state index contributed by atoms with van der Waals surface area (Å²) in [6.07, 6.45) is 5.97. The highest BCUT2D eigenvalue weighted by Crippen LogP contribution is 2.24. The monoisotopic (exact) mass is 338 g/mol. The van der Waals surface area contributed by atoms with Crippen LogP contribution in [0.15, 0.2) is 24.3 Å². The normalized spacial score (nSPS) is 16.6. The first-order valence-corrected chi connectivity index (χ1v) is 8.39. The van der Waals surface area contributed by atoms with Gasteiger partial charge in [-0.3, -0.25) is 4.79 Å². The SMILES string of the molecule is NC(=O)N[C@H](CC(=O)OCC1CCCCC1)c1ccc(Cl)cc1. The zero-order chi connectivity index (χ0) is 16.7. The van der Waals surface area contributed by atoms with Gasteiger partial charge >= 0.3 is 12.0 Å². The van der Waals surface area contributed by atoms with Gasteiger partial charge in [0, 0.05) is 5.02 Å². The number of amides is 2. The third-order valence-corrected chi connectivity index (χ3v) is 4.42. The molecule has 6 heteroatoms. The molecule has 2 amide bonds. The standard InChI is InChI=1S/C17H23ClN2O3/c18-14-8-6-13(7-9-14)15(20-17(19)22)10-16(21)23-11-12-4-2-1-3-5-12/h6-9,12,15H,1-5,10-11H2,(H3,19,20,22)/t15-/m1/s1. The van der Waals surface area contributed by atoms with E-state index < -0.39 is 12.1 Å². The number of nitrogens with one attached hydrogen (secondary N) is 1. The molecule has 126 valence electrons. The summed E-state index contributed by atoms with van der Waals surface area (Å²) in [6, 6.07) is 5.75. The molecule has 1 saturated carbocycles. The van der Waals surface area contributed by atoms with Gasteiger partial charge in [0.1, 0.15) is 0 Å². The van der Waals surface area contributed by atoms with E-state index in [2.05, 4.69) is 5.32 Å². The van der Waals surface area contributed by atoms with Crippen LogP contribution in [0.5, 0.6) is 0 Å². The molecule has 1 aromatic rings. The van der Waals surface area contributed by atoms with Gasteiger partial charge in [0.15, 0.2) is 0 Å². The van der Waals surface area contributed by atoms with Crippen molar-refractivity contribution < 1.29 is 14.3 Å². The number of carbonyl (C=O) groups excluding carboxylic acids is 2. The Hall–Kier alpha value is -1.75. The quantitative estimate of drug-likeness (QED) is 0.778. The molecule has 0 unspecified atom stereocenters. The van der Waals surface area contributed by atoms with Crippen molar-refractivity contribution in [3.05, 3.63) is 34.9 Å². The minimum absolute atomic E-state index is 0.0529. The molecule has 23 heavy (non-hydrogen) atoms. The van der Waals surface area contributed by atoms with E-state index in [9.17, 15) is 9.59 Å². The fraction of sp³-hybridized carbons (Fsp3) is 0.529. The van der Waals surface area contributed by atoms with Crippen molar-refractivity contribution in [2.24, 2.45) is 11.7 Å². The molecule has 1 aliphatic rings. The summed E-state index contributed by atoms with van der Waals surface area (Å²) < 4.78 is 5.38. The van der Waals surface area contributed by atoms with Crippen molar-refractivity contribution >= 4 is 23.6 Å². The van der Waals surface area contributed by atoms with Crippen molar-refractivity contribution in [3.63, 3.8) is 0 Å². The number of hydrogen-bond donors (Lipinski definition) is 2. The Morgan fingerprint density at radius 2 is 1.87 bits per heavy atom. The lowest BCUT2D eigenvalue weighted by atomic mass is 9.90.